The van der Waals surface area contributed by atoms with Crippen molar-refractivity contribution < 1.29 is 19.1 Å². The molecule has 23 heavy (non-hydrogen) atoms. The van der Waals surface area contributed by atoms with Crippen LogP contribution in [0.5, 0.6) is 5.75 Å². The van der Waals surface area contributed by atoms with Crippen molar-refractivity contribution in [2.24, 2.45) is 11.3 Å². The molecule has 122 valence electrons. The number of ether oxygens (including phenoxy) is 1. The maximum atomic E-state index is 11.8. The highest BCUT2D eigenvalue weighted by Crippen LogP contribution is 2.49. The Morgan fingerprint density at radius 1 is 1.48 bits per heavy atom. The molecule has 0 radical (unpaired) electrons. The monoisotopic (exact) mass is 315 g/mol. The average molecular weight is 315 g/mol. The summed E-state index contributed by atoms with van der Waals surface area (Å²) >= 11 is 0. The van der Waals surface area contributed by atoms with Crippen molar-refractivity contribution in [2.45, 2.75) is 25.8 Å². The normalized spacial score (nSPS) is 27.4. The summed E-state index contributed by atoms with van der Waals surface area (Å²) in [5.41, 5.74) is 0.308. The van der Waals surface area contributed by atoms with Gasteiger partial charge < -0.3 is 14.3 Å². The van der Waals surface area contributed by atoms with Gasteiger partial charge in [-0.15, -0.1) is 0 Å². The molecule has 5 heteroatoms. The van der Waals surface area contributed by atoms with Crippen LogP contribution in [0.15, 0.2) is 28.7 Å². The Labute approximate surface area is 134 Å². The number of benzene rings is 1. The lowest BCUT2D eigenvalue weighted by molar-refractivity contribution is -0.149. The predicted molar refractivity (Wildman–Crippen MR) is 85.5 cm³/mol. The second-order valence-corrected chi connectivity index (χ2v) is 6.84. The minimum absolute atomic E-state index is 0.282. The van der Waals surface area contributed by atoms with Gasteiger partial charge in [0.05, 0.1) is 19.1 Å². The Morgan fingerprint density at radius 3 is 3.09 bits per heavy atom. The average Bonchev–Trinajstić information content (AvgIpc) is 3.17. The number of carboxylic acids is 1. The molecule has 1 aliphatic heterocycles. The van der Waals surface area contributed by atoms with Crippen molar-refractivity contribution in [2.75, 3.05) is 20.2 Å². The van der Waals surface area contributed by atoms with Crippen LogP contribution >= 0.6 is 0 Å². The number of aliphatic carboxylic acids is 1. The van der Waals surface area contributed by atoms with Crippen LogP contribution in [0.4, 0.5) is 0 Å². The first kappa shape index (κ1) is 14.6. The summed E-state index contributed by atoms with van der Waals surface area (Å²) in [6.45, 7) is 2.16. The molecule has 2 fully saturated rings. The van der Waals surface area contributed by atoms with Gasteiger partial charge in [0.15, 0.2) is 0 Å². The molecule has 1 saturated heterocycles. The van der Waals surface area contributed by atoms with Gasteiger partial charge in [0, 0.05) is 18.5 Å². The molecular formula is C18H21NO4. The lowest BCUT2D eigenvalue weighted by atomic mass is 9.81. The zero-order valence-electron chi connectivity index (χ0n) is 13.2. The quantitative estimate of drug-likeness (QED) is 0.939. The van der Waals surface area contributed by atoms with E-state index in [4.69, 9.17) is 9.15 Å². The number of rotatable bonds is 4. The molecule has 2 heterocycles. The molecule has 5 nitrogen and oxygen atoms in total. The number of fused-ring (bicyclic) bond motifs is 2. The summed E-state index contributed by atoms with van der Waals surface area (Å²) in [4.78, 5) is 14.0. The van der Waals surface area contributed by atoms with Gasteiger partial charge in [-0.3, -0.25) is 9.69 Å². The maximum absolute atomic E-state index is 11.8. The first-order valence-electron chi connectivity index (χ1n) is 8.13. The number of hydrogen-bond donors (Lipinski definition) is 1. The number of nitrogens with zero attached hydrogens (tertiary/aromatic N) is 1. The maximum Gasteiger partial charge on any atom is 0.311 e. The molecule has 2 atom stereocenters. The molecular weight excluding hydrogens is 294 g/mol. The standard InChI is InChI=1S/C18H21NO4/c1-22-14-4-5-16-12(7-14)8-15(23-16)10-19-9-13-3-2-6-18(13,11-19)17(20)21/h4-5,7-8,13H,2-3,6,9-11H2,1H3,(H,20,21)/t13-,18+/m0/s1. The molecule has 0 bridgehead atoms. The van der Waals surface area contributed by atoms with Gasteiger partial charge in [-0.25, -0.2) is 0 Å². The highest BCUT2D eigenvalue weighted by molar-refractivity contribution is 5.79. The van der Waals surface area contributed by atoms with Gasteiger partial charge in [-0.1, -0.05) is 6.42 Å². The van der Waals surface area contributed by atoms with Crippen molar-refractivity contribution >= 4 is 16.9 Å². The van der Waals surface area contributed by atoms with Crippen molar-refractivity contribution in [3.05, 3.63) is 30.0 Å². The SMILES string of the molecule is COc1ccc2oc(CN3C[C@@H]4CCC[C@@]4(C(=O)O)C3)cc2c1. The van der Waals surface area contributed by atoms with Crippen LogP contribution in [0.1, 0.15) is 25.0 Å². The van der Waals surface area contributed by atoms with Crippen LogP contribution < -0.4 is 4.74 Å². The van der Waals surface area contributed by atoms with Crippen LogP contribution in [-0.2, 0) is 11.3 Å². The Balaban J connectivity index is 1.54. The molecule has 2 aliphatic rings. The molecule has 1 aromatic heterocycles. The summed E-state index contributed by atoms with van der Waals surface area (Å²) < 4.78 is 11.1. The summed E-state index contributed by atoms with van der Waals surface area (Å²) in [5.74, 6) is 1.35. The van der Waals surface area contributed by atoms with E-state index in [0.717, 1.165) is 48.3 Å². The lowest BCUT2D eigenvalue weighted by Gasteiger charge is -2.23. The zero-order chi connectivity index (χ0) is 16.0. The van der Waals surface area contributed by atoms with E-state index in [1.54, 1.807) is 7.11 Å². The highest BCUT2D eigenvalue weighted by atomic mass is 16.5. The molecule has 2 aromatic rings. The van der Waals surface area contributed by atoms with Crippen LogP contribution in [0.3, 0.4) is 0 Å². The van der Waals surface area contributed by atoms with E-state index in [0.29, 0.717) is 13.1 Å². The number of likely N-dealkylation sites (tertiary alicyclic amines) is 1. The largest absolute Gasteiger partial charge is 0.497 e. The summed E-state index contributed by atoms with van der Waals surface area (Å²) in [7, 11) is 1.65. The lowest BCUT2D eigenvalue weighted by Crippen LogP contribution is -2.35. The van der Waals surface area contributed by atoms with Gasteiger partial charge in [-0.05, 0) is 43.0 Å². The van der Waals surface area contributed by atoms with E-state index in [-0.39, 0.29) is 5.92 Å². The van der Waals surface area contributed by atoms with Crippen LogP contribution in [0.2, 0.25) is 0 Å². The second kappa shape index (κ2) is 5.27. The molecule has 1 aliphatic carbocycles. The molecule has 4 rings (SSSR count). The first-order chi connectivity index (χ1) is 11.1. The smallest absolute Gasteiger partial charge is 0.311 e. The fourth-order valence-corrected chi connectivity index (χ4v) is 4.37. The van der Waals surface area contributed by atoms with Gasteiger partial charge in [0.25, 0.3) is 0 Å². The van der Waals surface area contributed by atoms with E-state index in [1.165, 1.54) is 0 Å². The first-order valence-corrected chi connectivity index (χ1v) is 8.13. The van der Waals surface area contributed by atoms with Gasteiger partial charge >= 0.3 is 5.97 Å². The van der Waals surface area contributed by atoms with Crippen molar-refractivity contribution in [3.8, 4) is 5.75 Å². The van der Waals surface area contributed by atoms with Crippen molar-refractivity contribution in [1.82, 2.24) is 4.90 Å². The van der Waals surface area contributed by atoms with E-state index in [1.807, 2.05) is 24.3 Å². The van der Waals surface area contributed by atoms with E-state index in [2.05, 4.69) is 4.90 Å². The van der Waals surface area contributed by atoms with E-state index in [9.17, 15) is 9.90 Å². The summed E-state index contributed by atoms with van der Waals surface area (Å²) in [5, 5.41) is 10.7. The molecule has 1 aromatic carbocycles. The minimum atomic E-state index is -0.628. The summed E-state index contributed by atoms with van der Waals surface area (Å²) in [6, 6.07) is 7.78. The zero-order valence-corrected chi connectivity index (χ0v) is 13.2. The van der Waals surface area contributed by atoms with Gasteiger partial charge in [-0.2, -0.15) is 0 Å². The summed E-state index contributed by atoms with van der Waals surface area (Å²) in [6.07, 6.45) is 2.87. The molecule has 0 unspecified atom stereocenters. The van der Waals surface area contributed by atoms with Crippen molar-refractivity contribution in [3.63, 3.8) is 0 Å². The third kappa shape index (κ3) is 2.30. The van der Waals surface area contributed by atoms with Gasteiger partial charge in [0.1, 0.15) is 17.1 Å². The Morgan fingerprint density at radius 2 is 2.35 bits per heavy atom. The van der Waals surface area contributed by atoms with Crippen LogP contribution in [-0.4, -0.2) is 36.2 Å². The number of carbonyl (C=O) groups is 1. The minimum Gasteiger partial charge on any atom is -0.497 e. The topological polar surface area (TPSA) is 62.9 Å². The van der Waals surface area contributed by atoms with E-state index >= 15 is 0 Å². The number of furan rings is 1. The second-order valence-electron chi connectivity index (χ2n) is 6.84. The molecule has 1 saturated carbocycles. The van der Waals surface area contributed by atoms with Crippen LogP contribution in [0, 0.1) is 11.3 Å². The molecule has 0 spiro atoms. The Kier molecular flexibility index (Phi) is 3.34. The van der Waals surface area contributed by atoms with Crippen molar-refractivity contribution in [1.29, 1.82) is 0 Å². The fourth-order valence-electron chi connectivity index (χ4n) is 4.37. The molecule has 0 amide bonds. The number of methoxy groups -OCH3 is 1. The van der Waals surface area contributed by atoms with Crippen LogP contribution in [0.25, 0.3) is 11.0 Å². The predicted octanol–water partition coefficient (Wildman–Crippen LogP) is 3.13. The Hall–Kier alpha value is -2.01. The number of hydrogen-bond acceptors (Lipinski definition) is 4. The fraction of sp³-hybridized carbons (Fsp3) is 0.500. The highest BCUT2D eigenvalue weighted by Gasteiger charge is 2.54. The third-order valence-electron chi connectivity index (χ3n) is 5.52. The number of carboxylic acid groups (broad SMARTS) is 1. The van der Waals surface area contributed by atoms with Gasteiger partial charge in [0.2, 0.25) is 0 Å². The Bertz CT molecular complexity index is 753. The third-order valence-corrected chi connectivity index (χ3v) is 5.52. The van der Waals surface area contributed by atoms with E-state index < -0.39 is 11.4 Å². The molecule has 1 N–H and O–H groups in total.